The van der Waals surface area contributed by atoms with Gasteiger partial charge in [0.05, 0.1) is 12.8 Å². The van der Waals surface area contributed by atoms with Gasteiger partial charge < -0.3 is 5.73 Å². The Labute approximate surface area is 118 Å². The standard InChI is InChI=1S/C13H20BrN2OP/c1-3-4-10-18(2,14)16-12(13(15)17)11-8-6-5-7-9-11/h5-9,12,16H,3-4,10H2,1-2H3,(H-,15,17)/p+1/t12-,18?/m1/s1. The number of nitrogens with two attached hydrogens (primary N) is 1. The molecule has 0 aliphatic heterocycles. The fourth-order valence-corrected chi connectivity index (χ4v) is 4.96. The van der Waals surface area contributed by atoms with Crippen LogP contribution in [0.3, 0.4) is 0 Å². The van der Waals surface area contributed by atoms with E-state index in [4.69, 9.17) is 5.73 Å². The summed E-state index contributed by atoms with van der Waals surface area (Å²) in [4.78, 5) is 11.6. The number of carbonyl (C=O) groups excluding carboxylic acids is 1. The number of primary amides is 1. The minimum atomic E-state index is -1.47. The van der Waals surface area contributed by atoms with E-state index in [-0.39, 0.29) is 5.91 Å². The lowest BCUT2D eigenvalue weighted by Crippen LogP contribution is -2.32. The van der Waals surface area contributed by atoms with Crippen molar-refractivity contribution in [2.24, 2.45) is 5.73 Å². The number of carbonyl (C=O) groups is 1. The Hall–Kier alpha value is -0.440. The topological polar surface area (TPSA) is 55.1 Å². The second-order valence-electron chi connectivity index (χ2n) is 4.52. The summed E-state index contributed by atoms with van der Waals surface area (Å²) in [6, 6.07) is 9.21. The molecule has 0 fully saturated rings. The minimum absolute atomic E-state index is 0.330. The summed E-state index contributed by atoms with van der Waals surface area (Å²) in [5, 5.41) is 3.40. The summed E-state index contributed by atoms with van der Waals surface area (Å²) in [5.41, 5.74) is 6.42. The molecule has 1 rings (SSSR count). The van der Waals surface area contributed by atoms with E-state index >= 15 is 0 Å². The molecule has 0 saturated heterocycles. The summed E-state index contributed by atoms with van der Waals surface area (Å²) >= 11 is 3.74. The Morgan fingerprint density at radius 2 is 2.06 bits per heavy atom. The molecular formula is C13H21BrN2OP+. The molecule has 0 heterocycles. The lowest BCUT2D eigenvalue weighted by atomic mass is 10.1. The number of halogens is 1. The van der Waals surface area contributed by atoms with E-state index in [9.17, 15) is 4.79 Å². The van der Waals surface area contributed by atoms with Gasteiger partial charge in [-0.25, -0.2) is 0 Å². The average Bonchev–Trinajstić information content (AvgIpc) is 2.34. The molecule has 5 heteroatoms. The number of amides is 1. The number of hydrogen-bond donors (Lipinski definition) is 2. The molecule has 3 nitrogen and oxygen atoms in total. The Balaban J connectivity index is 2.79. The number of benzene rings is 1. The molecule has 100 valence electrons. The van der Waals surface area contributed by atoms with Crippen LogP contribution in [0.5, 0.6) is 0 Å². The van der Waals surface area contributed by atoms with Gasteiger partial charge in [0, 0.05) is 0 Å². The third-order valence-electron chi connectivity index (χ3n) is 2.75. The number of nitrogens with one attached hydrogen (secondary N) is 1. The van der Waals surface area contributed by atoms with Gasteiger partial charge in [-0.15, -0.1) is 0 Å². The maximum absolute atomic E-state index is 11.6. The Kier molecular flexibility index (Phi) is 6.27. The molecule has 0 spiro atoms. The monoisotopic (exact) mass is 331 g/mol. The first-order chi connectivity index (χ1) is 8.46. The second kappa shape index (κ2) is 7.22. The van der Waals surface area contributed by atoms with Crippen molar-refractivity contribution in [3.63, 3.8) is 0 Å². The van der Waals surface area contributed by atoms with Crippen molar-refractivity contribution in [1.82, 2.24) is 5.09 Å². The van der Waals surface area contributed by atoms with Crippen molar-refractivity contribution in [3.05, 3.63) is 35.9 Å². The zero-order chi connectivity index (χ0) is 13.6. The number of unbranched alkanes of at least 4 members (excludes halogenated alkanes) is 1. The van der Waals surface area contributed by atoms with E-state index in [1.807, 2.05) is 30.3 Å². The second-order valence-corrected chi connectivity index (χ2v) is 12.1. The highest BCUT2D eigenvalue weighted by atomic mass is 79.9. The fraction of sp³-hybridized carbons (Fsp3) is 0.462. The molecule has 2 atom stereocenters. The van der Waals surface area contributed by atoms with Crippen LogP contribution < -0.4 is 10.8 Å². The van der Waals surface area contributed by atoms with Crippen LogP contribution >= 0.6 is 21.6 Å². The van der Waals surface area contributed by atoms with E-state index in [0.29, 0.717) is 0 Å². The molecule has 0 aliphatic carbocycles. The third-order valence-corrected chi connectivity index (χ3v) is 6.38. The van der Waals surface area contributed by atoms with Gasteiger partial charge in [-0.1, -0.05) is 43.7 Å². The maximum Gasteiger partial charge on any atom is 0.242 e. The van der Waals surface area contributed by atoms with Crippen LogP contribution in [0, 0.1) is 0 Å². The number of hydrogen-bond acceptors (Lipinski definition) is 2. The molecule has 0 aromatic heterocycles. The highest BCUT2D eigenvalue weighted by Crippen LogP contribution is 2.60. The minimum Gasteiger partial charge on any atom is -0.368 e. The zero-order valence-electron chi connectivity index (χ0n) is 10.9. The molecule has 3 N–H and O–H groups in total. The average molecular weight is 332 g/mol. The molecule has 1 aromatic carbocycles. The fourth-order valence-electron chi connectivity index (χ4n) is 1.74. The van der Waals surface area contributed by atoms with Gasteiger partial charge >= 0.3 is 0 Å². The van der Waals surface area contributed by atoms with Gasteiger partial charge in [-0.05, 0) is 12.0 Å². The molecule has 1 unspecified atom stereocenters. The summed E-state index contributed by atoms with van der Waals surface area (Å²) < 4.78 is 0. The van der Waals surface area contributed by atoms with Crippen LogP contribution in [0.15, 0.2) is 30.3 Å². The maximum atomic E-state index is 11.6. The van der Waals surface area contributed by atoms with Crippen molar-refractivity contribution in [3.8, 4) is 0 Å². The van der Waals surface area contributed by atoms with Crippen molar-refractivity contribution >= 4 is 27.5 Å². The van der Waals surface area contributed by atoms with Crippen molar-refractivity contribution in [1.29, 1.82) is 0 Å². The highest BCUT2D eigenvalue weighted by Gasteiger charge is 2.34. The van der Waals surface area contributed by atoms with E-state index in [1.165, 1.54) is 0 Å². The van der Waals surface area contributed by atoms with Crippen molar-refractivity contribution < 1.29 is 4.79 Å². The van der Waals surface area contributed by atoms with E-state index in [2.05, 4.69) is 34.2 Å². The summed E-state index contributed by atoms with van der Waals surface area (Å²) in [7, 11) is 0. The van der Waals surface area contributed by atoms with Gasteiger partial charge in [0.25, 0.3) is 0 Å². The van der Waals surface area contributed by atoms with Crippen LogP contribution in [0.2, 0.25) is 0 Å². The van der Waals surface area contributed by atoms with Crippen LogP contribution in [0.4, 0.5) is 0 Å². The normalized spacial score (nSPS) is 15.9. The largest absolute Gasteiger partial charge is 0.368 e. The number of rotatable bonds is 7. The summed E-state index contributed by atoms with van der Waals surface area (Å²) in [6.07, 6.45) is 1.87. The van der Waals surface area contributed by atoms with Crippen LogP contribution in [-0.2, 0) is 4.79 Å². The SMILES string of the molecule is CCCC[P+](C)(Br)N[C@@H](C(N)=O)c1ccccc1. The van der Waals surface area contributed by atoms with Crippen molar-refractivity contribution in [2.75, 3.05) is 12.8 Å². The zero-order valence-corrected chi connectivity index (χ0v) is 13.4. The lowest BCUT2D eigenvalue weighted by Gasteiger charge is -2.21. The predicted octanol–water partition coefficient (Wildman–Crippen LogP) is 3.48. The first-order valence-corrected chi connectivity index (χ1v) is 10.6. The van der Waals surface area contributed by atoms with Gasteiger partial charge in [0.2, 0.25) is 5.91 Å². The van der Waals surface area contributed by atoms with Crippen LogP contribution in [0.25, 0.3) is 0 Å². The molecule has 0 bridgehead atoms. The van der Waals surface area contributed by atoms with E-state index in [1.54, 1.807) is 0 Å². The van der Waals surface area contributed by atoms with Gasteiger partial charge in [0.15, 0.2) is 15.5 Å². The Bertz CT molecular complexity index is 384. The van der Waals surface area contributed by atoms with Crippen molar-refractivity contribution in [2.45, 2.75) is 25.8 Å². The summed E-state index contributed by atoms with van der Waals surface area (Å²) in [5.74, 6) is -0.330. The first-order valence-electron chi connectivity index (χ1n) is 6.13. The molecule has 1 aromatic rings. The van der Waals surface area contributed by atoms with Gasteiger partial charge in [0.1, 0.15) is 12.2 Å². The molecule has 0 saturated carbocycles. The molecule has 0 aliphatic rings. The van der Waals surface area contributed by atoms with Gasteiger partial charge in [-0.3, -0.25) is 4.79 Å². The quantitative estimate of drug-likeness (QED) is 0.751. The molecule has 1 amide bonds. The molecule has 0 radical (unpaired) electrons. The van der Waals surface area contributed by atoms with Crippen LogP contribution in [0.1, 0.15) is 31.4 Å². The predicted molar refractivity (Wildman–Crippen MR) is 83.1 cm³/mol. The molecular weight excluding hydrogens is 311 g/mol. The van der Waals surface area contributed by atoms with Gasteiger partial charge in [-0.2, -0.15) is 5.09 Å². The summed E-state index contributed by atoms with van der Waals surface area (Å²) in [6.45, 7) is 4.30. The highest BCUT2D eigenvalue weighted by molar-refractivity contribution is 9.42. The lowest BCUT2D eigenvalue weighted by molar-refractivity contribution is -0.119. The van der Waals surface area contributed by atoms with E-state index < -0.39 is 12.2 Å². The van der Waals surface area contributed by atoms with Crippen LogP contribution in [-0.4, -0.2) is 18.7 Å². The smallest absolute Gasteiger partial charge is 0.242 e. The Morgan fingerprint density at radius 1 is 1.44 bits per heavy atom. The molecule has 18 heavy (non-hydrogen) atoms. The first kappa shape index (κ1) is 15.6. The van der Waals surface area contributed by atoms with E-state index in [0.717, 1.165) is 24.6 Å². The third kappa shape index (κ3) is 5.05. The Morgan fingerprint density at radius 3 is 2.56 bits per heavy atom.